The Morgan fingerprint density at radius 3 is 2.07 bits per heavy atom. The second-order valence-electron chi connectivity index (χ2n) is 9.69. The van der Waals surface area contributed by atoms with E-state index >= 15 is 0 Å². The summed E-state index contributed by atoms with van der Waals surface area (Å²) in [5.41, 5.74) is 1.56. The molecule has 0 saturated carbocycles. The second-order valence-corrected chi connectivity index (χ2v) is 13.3. The highest BCUT2D eigenvalue weighted by Crippen LogP contribution is 2.28. The van der Waals surface area contributed by atoms with Crippen LogP contribution in [0.5, 0.6) is 0 Å². The normalized spacial score (nSPS) is 12.9. The first-order valence-electron chi connectivity index (χ1n) is 12.8. The Morgan fingerprint density at radius 1 is 0.878 bits per heavy atom. The van der Waals surface area contributed by atoms with Crippen LogP contribution in [0, 0.1) is 0 Å². The molecule has 0 heterocycles. The van der Waals surface area contributed by atoms with Crippen LogP contribution >= 0.6 is 46.4 Å². The number of carbonyl (C=O) groups excluding carboxylic acids is 2. The van der Waals surface area contributed by atoms with Crippen molar-refractivity contribution in [3.8, 4) is 0 Å². The van der Waals surface area contributed by atoms with Gasteiger partial charge in [-0.1, -0.05) is 89.7 Å². The largest absolute Gasteiger partial charge is 0.352 e. The number of amides is 2. The number of hydrogen-bond donors (Lipinski definition) is 1. The van der Waals surface area contributed by atoms with Crippen LogP contribution in [0.4, 0.5) is 5.69 Å². The van der Waals surface area contributed by atoms with Crippen molar-refractivity contribution in [1.82, 2.24) is 10.2 Å². The van der Waals surface area contributed by atoms with Gasteiger partial charge < -0.3 is 10.2 Å². The van der Waals surface area contributed by atoms with E-state index in [1.807, 2.05) is 44.2 Å². The maximum Gasteiger partial charge on any atom is 0.244 e. The van der Waals surface area contributed by atoms with Gasteiger partial charge in [0.05, 0.1) is 22.0 Å². The van der Waals surface area contributed by atoms with Gasteiger partial charge in [-0.05, 0) is 54.8 Å². The Bertz CT molecular complexity index is 1470. The van der Waals surface area contributed by atoms with Gasteiger partial charge in [0, 0.05) is 29.1 Å². The fourth-order valence-corrected chi connectivity index (χ4v) is 5.80. The van der Waals surface area contributed by atoms with Gasteiger partial charge in [0.2, 0.25) is 21.8 Å². The lowest BCUT2D eigenvalue weighted by atomic mass is 10.0. The van der Waals surface area contributed by atoms with Crippen LogP contribution in [0.2, 0.25) is 20.1 Å². The second kappa shape index (κ2) is 14.6. The molecule has 0 aliphatic carbocycles. The fourth-order valence-electron chi connectivity index (χ4n) is 4.13. The molecule has 1 N–H and O–H groups in total. The Kier molecular flexibility index (Phi) is 11.8. The lowest BCUT2D eigenvalue weighted by molar-refractivity contribution is -0.140. The summed E-state index contributed by atoms with van der Waals surface area (Å²) < 4.78 is 26.7. The number of carbonyl (C=O) groups is 2. The first-order valence-corrected chi connectivity index (χ1v) is 16.2. The molecule has 0 fully saturated rings. The van der Waals surface area contributed by atoms with Crippen molar-refractivity contribution < 1.29 is 18.0 Å². The molecular formula is C29H31Cl4N3O4S. The van der Waals surface area contributed by atoms with E-state index in [0.29, 0.717) is 17.0 Å². The van der Waals surface area contributed by atoms with E-state index < -0.39 is 28.5 Å². The molecule has 220 valence electrons. The van der Waals surface area contributed by atoms with Crippen LogP contribution in [-0.2, 0) is 32.6 Å². The third-order valence-corrected chi connectivity index (χ3v) is 8.74. The van der Waals surface area contributed by atoms with E-state index in [2.05, 4.69) is 5.32 Å². The van der Waals surface area contributed by atoms with Gasteiger partial charge in [0.15, 0.2) is 0 Å². The molecule has 3 rings (SSSR count). The standard InChI is InChI=1S/C29H31Cl4N3O4S/c1-4-19(2)34-29(38)27(13-20-8-6-5-7-9-20)35(17-21-10-11-25(32)26(33)12-21)28(37)18-36(41(3,39)40)24-15-22(30)14-23(31)16-24/h5-12,14-16,19,27H,4,13,17-18H2,1-3H3,(H,34,38)/t19-,27-/m0/s1. The van der Waals surface area contributed by atoms with Gasteiger partial charge >= 0.3 is 0 Å². The number of anilines is 1. The van der Waals surface area contributed by atoms with E-state index in [1.165, 1.54) is 23.1 Å². The molecule has 3 aromatic rings. The van der Waals surface area contributed by atoms with Gasteiger partial charge in [-0.3, -0.25) is 13.9 Å². The van der Waals surface area contributed by atoms with Gasteiger partial charge in [-0.15, -0.1) is 0 Å². The maximum absolute atomic E-state index is 14.1. The molecule has 0 spiro atoms. The van der Waals surface area contributed by atoms with Crippen LogP contribution < -0.4 is 9.62 Å². The summed E-state index contributed by atoms with van der Waals surface area (Å²) in [5.74, 6) is -0.980. The Labute approximate surface area is 261 Å². The Morgan fingerprint density at radius 2 is 1.51 bits per heavy atom. The van der Waals surface area contributed by atoms with Gasteiger partial charge in [-0.25, -0.2) is 8.42 Å². The van der Waals surface area contributed by atoms with Gasteiger partial charge in [-0.2, -0.15) is 0 Å². The lowest BCUT2D eigenvalue weighted by Gasteiger charge is -2.34. The Balaban J connectivity index is 2.10. The van der Waals surface area contributed by atoms with Crippen LogP contribution in [0.3, 0.4) is 0 Å². The minimum atomic E-state index is -3.96. The van der Waals surface area contributed by atoms with Crippen LogP contribution in [0.15, 0.2) is 66.7 Å². The minimum absolute atomic E-state index is 0.0327. The van der Waals surface area contributed by atoms with Gasteiger partial charge in [0.1, 0.15) is 12.6 Å². The highest BCUT2D eigenvalue weighted by Gasteiger charge is 2.33. The fraction of sp³-hybridized carbons (Fsp3) is 0.310. The predicted molar refractivity (Wildman–Crippen MR) is 167 cm³/mol. The molecule has 12 heteroatoms. The van der Waals surface area contributed by atoms with Crippen molar-refractivity contribution >= 4 is 73.9 Å². The third-order valence-electron chi connectivity index (χ3n) is 6.42. The van der Waals surface area contributed by atoms with Crippen molar-refractivity contribution in [2.45, 2.75) is 45.3 Å². The summed E-state index contributed by atoms with van der Waals surface area (Å²) in [7, 11) is -3.96. The van der Waals surface area contributed by atoms with E-state index in [4.69, 9.17) is 46.4 Å². The molecule has 3 aromatic carbocycles. The zero-order valence-corrected chi connectivity index (χ0v) is 26.6. The number of halogens is 4. The third kappa shape index (κ3) is 9.51. The summed E-state index contributed by atoms with van der Waals surface area (Å²) >= 11 is 24.7. The highest BCUT2D eigenvalue weighted by molar-refractivity contribution is 7.92. The monoisotopic (exact) mass is 657 g/mol. The summed E-state index contributed by atoms with van der Waals surface area (Å²) in [6.45, 7) is 3.18. The molecule has 0 unspecified atom stereocenters. The van der Waals surface area contributed by atoms with Crippen molar-refractivity contribution in [2.24, 2.45) is 0 Å². The SMILES string of the molecule is CC[C@H](C)NC(=O)[C@H](Cc1ccccc1)N(Cc1ccc(Cl)c(Cl)c1)C(=O)CN(c1cc(Cl)cc(Cl)c1)S(C)(=O)=O. The molecule has 7 nitrogen and oxygen atoms in total. The molecule has 41 heavy (non-hydrogen) atoms. The number of hydrogen-bond acceptors (Lipinski definition) is 4. The molecule has 0 aliphatic heterocycles. The topological polar surface area (TPSA) is 86.8 Å². The number of sulfonamides is 1. The molecule has 2 atom stereocenters. The smallest absolute Gasteiger partial charge is 0.244 e. The van der Waals surface area contributed by atoms with E-state index in [9.17, 15) is 18.0 Å². The van der Waals surface area contributed by atoms with Crippen molar-refractivity contribution in [2.75, 3.05) is 17.1 Å². The molecule has 0 radical (unpaired) electrons. The zero-order chi connectivity index (χ0) is 30.3. The maximum atomic E-state index is 14.1. The molecule has 0 aromatic heterocycles. The van der Waals surface area contributed by atoms with Crippen molar-refractivity contribution in [3.63, 3.8) is 0 Å². The predicted octanol–water partition coefficient (Wildman–Crippen LogP) is 6.62. The lowest BCUT2D eigenvalue weighted by Crippen LogP contribution is -2.54. The first kappa shape index (κ1) is 33.0. The summed E-state index contributed by atoms with van der Waals surface area (Å²) in [6, 6.07) is 17.3. The van der Waals surface area contributed by atoms with Crippen LogP contribution in [0.25, 0.3) is 0 Å². The highest BCUT2D eigenvalue weighted by atomic mass is 35.5. The number of nitrogens with zero attached hydrogens (tertiary/aromatic N) is 2. The summed E-state index contributed by atoms with van der Waals surface area (Å²) in [6.07, 6.45) is 1.86. The zero-order valence-electron chi connectivity index (χ0n) is 22.8. The molecule has 0 bridgehead atoms. The average molecular weight is 659 g/mol. The number of nitrogens with one attached hydrogen (secondary N) is 1. The summed E-state index contributed by atoms with van der Waals surface area (Å²) in [5, 5.41) is 4.01. The number of rotatable bonds is 12. The molecule has 0 saturated heterocycles. The molecular weight excluding hydrogens is 628 g/mol. The quantitative estimate of drug-likeness (QED) is 0.237. The van der Waals surface area contributed by atoms with Crippen molar-refractivity contribution in [1.29, 1.82) is 0 Å². The van der Waals surface area contributed by atoms with E-state index in [1.54, 1.807) is 18.2 Å². The van der Waals surface area contributed by atoms with Crippen LogP contribution in [-0.4, -0.2) is 50.0 Å². The summed E-state index contributed by atoms with van der Waals surface area (Å²) in [4.78, 5) is 29.2. The Hall–Kier alpha value is -2.49. The molecule has 0 aliphatic rings. The number of benzene rings is 3. The van der Waals surface area contributed by atoms with Gasteiger partial charge in [0.25, 0.3) is 0 Å². The van der Waals surface area contributed by atoms with E-state index in [0.717, 1.165) is 16.1 Å². The first-order chi connectivity index (χ1) is 19.3. The van der Waals surface area contributed by atoms with E-state index in [-0.39, 0.29) is 45.7 Å². The average Bonchev–Trinajstić information content (AvgIpc) is 2.90. The van der Waals surface area contributed by atoms with Crippen molar-refractivity contribution in [3.05, 3.63) is 97.9 Å². The minimum Gasteiger partial charge on any atom is -0.352 e. The van der Waals surface area contributed by atoms with Crippen LogP contribution in [0.1, 0.15) is 31.4 Å². The molecule has 2 amide bonds.